The fourth-order valence-electron chi connectivity index (χ4n) is 1.56. The largest absolute Gasteiger partial charge is 0.691 e. The van der Waals surface area contributed by atoms with Crippen molar-refractivity contribution in [2.45, 2.75) is 0 Å². The average molecular weight is 270 g/mol. The van der Waals surface area contributed by atoms with Crippen molar-refractivity contribution in [3.63, 3.8) is 0 Å². The van der Waals surface area contributed by atoms with Crippen LogP contribution in [-0.2, 0) is 0 Å². The molecule has 1 aromatic carbocycles. The highest BCUT2D eigenvalue weighted by molar-refractivity contribution is 6.40. The number of aromatic nitrogens is 5. The molecule has 0 unspecified atom stereocenters. The van der Waals surface area contributed by atoms with Gasteiger partial charge in [-0.1, -0.05) is 23.2 Å². The van der Waals surface area contributed by atoms with Crippen molar-refractivity contribution in [2.75, 3.05) is 0 Å². The van der Waals surface area contributed by atoms with Crippen LogP contribution in [0, 0.1) is 5.21 Å². The molecule has 0 fully saturated rings. The summed E-state index contributed by atoms with van der Waals surface area (Å²) in [6.45, 7) is 0. The highest BCUT2D eigenvalue weighted by atomic mass is 35.5. The number of hydrogen-bond acceptors (Lipinski definition) is 3. The molecule has 2 N–H and O–H groups in total. The van der Waals surface area contributed by atoms with E-state index < -0.39 is 0 Å². The van der Waals surface area contributed by atoms with Crippen molar-refractivity contribution < 1.29 is 4.85 Å². The first-order valence-corrected chi connectivity index (χ1v) is 5.40. The van der Waals surface area contributed by atoms with Gasteiger partial charge in [0.1, 0.15) is 11.0 Å². The Morgan fingerprint density at radius 3 is 2.82 bits per heavy atom. The number of H-pyrrole nitrogens is 2. The summed E-state index contributed by atoms with van der Waals surface area (Å²) in [4.78, 5) is 7.40. The molecule has 0 bridgehead atoms. The zero-order chi connectivity index (χ0) is 12.0. The molecule has 0 amide bonds. The molecule has 86 valence electrons. The molecule has 6 nitrogen and oxygen atoms in total. The van der Waals surface area contributed by atoms with Gasteiger partial charge in [0.25, 0.3) is 0 Å². The molecular formula is C9H5Cl2N5O. The predicted octanol–water partition coefficient (Wildman–Crippen LogP) is 1.89. The van der Waals surface area contributed by atoms with Gasteiger partial charge in [-0.3, -0.25) is 0 Å². The maximum Gasteiger partial charge on any atom is 0.202 e. The number of benzene rings is 1. The van der Waals surface area contributed by atoms with Gasteiger partial charge in [-0.05, 0) is 12.1 Å². The lowest BCUT2D eigenvalue weighted by molar-refractivity contribution is -0.644. The van der Waals surface area contributed by atoms with Gasteiger partial charge < -0.3 is 10.2 Å². The van der Waals surface area contributed by atoms with E-state index in [-0.39, 0.29) is 10.3 Å². The number of fused-ring (bicyclic) bond motifs is 1. The number of halogens is 2. The Bertz CT molecular complexity index is 685. The topological polar surface area (TPSA) is 84.3 Å². The van der Waals surface area contributed by atoms with E-state index in [4.69, 9.17) is 23.2 Å². The molecule has 0 radical (unpaired) electrons. The first-order valence-electron chi connectivity index (χ1n) is 4.64. The first-order chi connectivity index (χ1) is 8.15. The third-order valence-corrected chi connectivity index (χ3v) is 3.00. The summed E-state index contributed by atoms with van der Waals surface area (Å²) < 4.78 is 0. The molecular weight excluding hydrogens is 265 g/mol. The van der Waals surface area contributed by atoms with E-state index in [0.29, 0.717) is 21.7 Å². The second-order valence-electron chi connectivity index (χ2n) is 3.41. The van der Waals surface area contributed by atoms with Crippen LogP contribution >= 0.6 is 23.2 Å². The maximum atomic E-state index is 11.2. The Balaban J connectivity index is 2.17. The number of nitrogens with zero attached hydrogens (tertiary/aromatic N) is 3. The zero-order valence-electron chi connectivity index (χ0n) is 8.24. The van der Waals surface area contributed by atoms with Crippen molar-refractivity contribution in [2.24, 2.45) is 0 Å². The quantitative estimate of drug-likeness (QED) is 0.523. The van der Waals surface area contributed by atoms with E-state index in [0.717, 1.165) is 5.56 Å². The lowest BCUT2D eigenvalue weighted by Gasteiger charge is -1.95. The number of rotatable bonds is 1. The lowest BCUT2D eigenvalue weighted by atomic mass is 10.2. The average Bonchev–Trinajstić information content (AvgIpc) is 2.84. The number of aromatic amines is 2. The van der Waals surface area contributed by atoms with Gasteiger partial charge in [0.2, 0.25) is 5.52 Å². The van der Waals surface area contributed by atoms with Crippen molar-refractivity contribution in [3.05, 3.63) is 33.7 Å². The predicted molar refractivity (Wildman–Crippen MR) is 62.7 cm³/mol. The Kier molecular flexibility index (Phi) is 2.20. The summed E-state index contributed by atoms with van der Waals surface area (Å²) in [6.07, 6.45) is 0. The van der Waals surface area contributed by atoms with Gasteiger partial charge in [0.15, 0.2) is 10.7 Å². The Morgan fingerprint density at radius 1 is 1.29 bits per heavy atom. The number of imidazole rings is 1. The third kappa shape index (κ3) is 1.62. The van der Waals surface area contributed by atoms with Crippen LogP contribution < -0.4 is 4.85 Å². The monoisotopic (exact) mass is 269 g/mol. The first kappa shape index (κ1) is 10.4. The highest BCUT2D eigenvalue weighted by Crippen LogP contribution is 2.25. The standard InChI is InChI=1S/C9H5Cl2N5O/c10-7-8(11)13-9(12-7)4-1-2-6-5(3-4)14-15-16(6)17/h1-3,14H,(H,12,13). The van der Waals surface area contributed by atoms with Crippen molar-refractivity contribution in [3.8, 4) is 11.4 Å². The van der Waals surface area contributed by atoms with E-state index in [1.54, 1.807) is 18.2 Å². The zero-order valence-corrected chi connectivity index (χ0v) is 9.75. The van der Waals surface area contributed by atoms with Crippen LogP contribution in [0.3, 0.4) is 0 Å². The third-order valence-electron chi connectivity index (χ3n) is 2.36. The van der Waals surface area contributed by atoms with Gasteiger partial charge in [-0.25, -0.2) is 4.98 Å². The Hall–Kier alpha value is -1.79. The van der Waals surface area contributed by atoms with E-state index in [1.807, 2.05) is 0 Å². The van der Waals surface area contributed by atoms with E-state index in [1.165, 1.54) is 0 Å². The SMILES string of the molecule is [O-][n+]1n[nH]c2cc(-c3nc(Cl)c(Cl)[nH]3)ccc21. The van der Waals surface area contributed by atoms with Crippen LogP contribution in [0.1, 0.15) is 0 Å². The van der Waals surface area contributed by atoms with Gasteiger partial charge in [0.05, 0.1) is 5.21 Å². The van der Waals surface area contributed by atoms with Crippen LogP contribution in [-0.4, -0.2) is 20.3 Å². The molecule has 0 aliphatic carbocycles. The summed E-state index contributed by atoms with van der Waals surface area (Å²) in [6, 6.07) is 5.12. The minimum absolute atomic E-state index is 0.213. The molecule has 0 saturated carbocycles. The van der Waals surface area contributed by atoms with Crippen LogP contribution in [0.4, 0.5) is 0 Å². The molecule has 8 heteroatoms. The van der Waals surface area contributed by atoms with E-state index in [2.05, 4.69) is 20.3 Å². The van der Waals surface area contributed by atoms with Crippen LogP contribution in [0.15, 0.2) is 18.2 Å². The second-order valence-corrected chi connectivity index (χ2v) is 4.14. The van der Waals surface area contributed by atoms with Gasteiger partial charge in [-0.15, -0.1) is 9.94 Å². The summed E-state index contributed by atoms with van der Waals surface area (Å²) >= 11 is 11.5. The Labute approximate surface area is 105 Å². The van der Waals surface area contributed by atoms with Gasteiger partial charge >= 0.3 is 0 Å². The van der Waals surface area contributed by atoms with Gasteiger partial charge in [0, 0.05) is 11.6 Å². The lowest BCUT2D eigenvalue weighted by Crippen LogP contribution is -2.27. The van der Waals surface area contributed by atoms with E-state index in [9.17, 15) is 5.21 Å². The molecule has 2 aromatic heterocycles. The molecule has 3 aromatic rings. The molecule has 0 aliphatic rings. The van der Waals surface area contributed by atoms with E-state index >= 15 is 0 Å². The van der Waals surface area contributed by atoms with Crippen LogP contribution in [0.5, 0.6) is 0 Å². The van der Waals surface area contributed by atoms with Crippen molar-refractivity contribution >= 4 is 34.2 Å². The maximum absolute atomic E-state index is 11.2. The smallest absolute Gasteiger partial charge is 0.202 e. The fraction of sp³-hybridized carbons (Fsp3) is 0. The summed E-state index contributed by atoms with van der Waals surface area (Å²) in [5, 5.41) is 17.8. The second kappa shape index (κ2) is 3.61. The molecule has 0 atom stereocenters. The molecule has 0 aliphatic heterocycles. The summed E-state index contributed by atoms with van der Waals surface area (Å²) in [5.74, 6) is 0.536. The molecule has 17 heavy (non-hydrogen) atoms. The minimum atomic E-state index is 0.213. The highest BCUT2D eigenvalue weighted by Gasteiger charge is 2.12. The number of hydrogen-bond donors (Lipinski definition) is 2. The molecule has 0 spiro atoms. The molecule has 2 heterocycles. The van der Waals surface area contributed by atoms with Crippen molar-refractivity contribution in [1.29, 1.82) is 0 Å². The summed E-state index contributed by atoms with van der Waals surface area (Å²) in [7, 11) is 0. The number of nitrogens with one attached hydrogen (secondary N) is 2. The van der Waals surface area contributed by atoms with Crippen molar-refractivity contribution in [1.82, 2.24) is 20.3 Å². The fourth-order valence-corrected chi connectivity index (χ4v) is 1.82. The normalized spacial score (nSPS) is 11.2. The molecule has 3 rings (SSSR count). The molecule has 0 saturated heterocycles. The van der Waals surface area contributed by atoms with Crippen LogP contribution in [0.2, 0.25) is 10.3 Å². The van der Waals surface area contributed by atoms with Gasteiger partial charge in [-0.2, -0.15) is 0 Å². The summed E-state index contributed by atoms with van der Waals surface area (Å²) in [5.41, 5.74) is 1.83. The Morgan fingerprint density at radius 2 is 2.12 bits per heavy atom. The van der Waals surface area contributed by atoms with Crippen LogP contribution in [0.25, 0.3) is 22.4 Å². The minimum Gasteiger partial charge on any atom is -0.691 e.